The SMILES string of the molecule is Cn1nccc1CN1CC[C@H]2OCCN(Cc3cccnc3)[C@@H]2C1. The van der Waals surface area contributed by atoms with Gasteiger partial charge in [-0.05, 0) is 24.1 Å². The Labute approximate surface area is 143 Å². The van der Waals surface area contributed by atoms with E-state index in [9.17, 15) is 0 Å². The second-order valence-electron chi connectivity index (χ2n) is 6.78. The Hall–Kier alpha value is -1.76. The zero-order valence-electron chi connectivity index (χ0n) is 14.2. The zero-order chi connectivity index (χ0) is 16.4. The Kier molecular flexibility index (Phi) is 4.60. The number of likely N-dealkylation sites (tertiary alicyclic amines) is 1. The lowest BCUT2D eigenvalue weighted by atomic mass is 9.98. The number of hydrogen-bond acceptors (Lipinski definition) is 5. The monoisotopic (exact) mass is 327 g/mol. The van der Waals surface area contributed by atoms with Gasteiger partial charge >= 0.3 is 0 Å². The molecule has 0 aromatic carbocycles. The highest BCUT2D eigenvalue weighted by atomic mass is 16.5. The first kappa shape index (κ1) is 15.7. The fourth-order valence-electron chi connectivity index (χ4n) is 3.86. The number of hydrogen-bond donors (Lipinski definition) is 0. The molecule has 128 valence electrons. The summed E-state index contributed by atoms with van der Waals surface area (Å²) in [6.45, 7) is 5.89. The van der Waals surface area contributed by atoms with Crippen LogP contribution in [0.4, 0.5) is 0 Å². The molecule has 2 saturated heterocycles. The van der Waals surface area contributed by atoms with Crippen LogP contribution in [0, 0.1) is 0 Å². The fourth-order valence-corrected chi connectivity index (χ4v) is 3.86. The van der Waals surface area contributed by atoms with Gasteiger partial charge in [-0.15, -0.1) is 0 Å². The Morgan fingerprint density at radius 3 is 2.96 bits per heavy atom. The number of morpholine rings is 1. The quantitative estimate of drug-likeness (QED) is 0.847. The average molecular weight is 327 g/mol. The predicted molar refractivity (Wildman–Crippen MR) is 91.3 cm³/mol. The van der Waals surface area contributed by atoms with E-state index in [0.717, 1.165) is 45.8 Å². The van der Waals surface area contributed by atoms with Gasteiger partial charge in [0.2, 0.25) is 0 Å². The van der Waals surface area contributed by atoms with E-state index in [1.54, 1.807) is 0 Å². The summed E-state index contributed by atoms with van der Waals surface area (Å²) < 4.78 is 8.02. The van der Waals surface area contributed by atoms with Gasteiger partial charge in [-0.25, -0.2) is 0 Å². The highest BCUT2D eigenvalue weighted by Crippen LogP contribution is 2.25. The molecule has 0 saturated carbocycles. The molecule has 0 spiro atoms. The number of fused-ring (bicyclic) bond motifs is 1. The normalized spacial score (nSPS) is 25.5. The third-order valence-corrected chi connectivity index (χ3v) is 5.20. The number of aromatic nitrogens is 3. The first-order valence-electron chi connectivity index (χ1n) is 8.73. The van der Waals surface area contributed by atoms with Crippen molar-refractivity contribution in [2.45, 2.75) is 31.7 Å². The summed E-state index contributed by atoms with van der Waals surface area (Å²) in [6, 6.07) is 6.74. The van der Waals surface area contributed by atoms with Crippen molar-refractivity contribution in [3.63, 3.8) is 0 Å². The molecule has 6 nitrogen and oxygen atoms in total. The van der Waals surface area contributed by atoms with Crippen molar-refractivity contribution in [2.24, 2.45) is 7.05 Å². The van der Waals surface area contributed by atoms with Gasteiger partial charge < -0.3 is 4.74 Å². The lowest BCUT2D eigenvalue weighted by Crippen LogP contribution is -2.59. The second kappa shape index (κ2) is 7.01. The molecule has 2 aromatic rings. The molecule has 4 heterocycles. The molecule has 0 unspecified atom stereocenters. The molecule has 0 bridgehead atoms. The standard InChI is InChI=1S/C18H25N5O/c1-21-16(4-7-20-21)13-22-8-5-18-17(14-22)23(9-10-24-18)12-15-3-2-6-19-11-15/h2-4,6-7,11,17-18H,5,8-10,12-14H2,1H3/t17-,18-/m1/s1. The molecular weight excluding hydrogens is 302 g/mol. The minimum Gasteiger partial charge on any atom is -0.375 e. The average Bonchev–Trinajstić information content (AvgIpc) is 3.01. The maximum Gasteiger partial charge on any atom is 0.0755 e. The van der Waals surface area contributed by atoms with E-state index >= 15 is 0 Å². The van der Waals surface area contributed by atoms with Crippen molar-refractivity contribution < 1.29 is 4.74 Å². The maximum absolute atomic E-state index is 6.06. The molecular formula is C18H25N5O. The highest BCUT2D eigenvalue weighted by molar-refractivity contribution is 5.09. The van der Waals surface area contributed by atoms with Gasteiger partial charge in [0.25, 0.3) is 0 Å². The van der Waals surface area contributed by atoms with Crippen molar-refractivity contribution in [1.82, 2.24) is 24.6 Å². The van der Waals surface area contributed by atoms with Gasteiger partial charge in [-0.2, -0.15) is 5.10 Å². The van der Waals surface area contributed by atoms with Crippen LogP contribution in [0.15, 0.2) is 36.8 Å². The summed E-state index contributed by atoms with van der Waals surface area (Å²) in [4.78, 5) is 9.35. The van der Waals surface area contributed by atoms with E-state index in [1.807, 2.05) is 36.4 Å². The number of piperidine rings is 1. The smallest absolute Gasteiger partial charge is 0.0755 e. The number of nitrogens with zero attached hydrogens (tertiary/aromatic N) is 5. The number of pyridine rings is 1. The molecule has 0 N–H and O–H groups in total. The Balaban J connectivity index is 1.44. The van der Waals surface area contributed by atoms with Crippen LogP contribution in [0.1, 0.15) is 17.7 Å². The van der Waals surface area contributed by atoms with Gasteiger partial charge in [0, 0.05) is 64.4 Å². The minimum absolute atomic E-state index is 0.359. The molecule has 2 aromatic heterocycles. The van der Waals surface area contributed by atoms with Crippen LogP contribution in [0.3, 0.4) is 0 Å². The molecule has 2 aliphatic rings. The molecule has 2 aliphatic heterocycles. The van der Waals surface area contributed by atoms with E-state index in [4.69, 9.17) is 4.74 Å². The third-order valence-electron chi connectivity index (χ3n) is 5.20. The zero-order valence-corrected chi connectivity index (χ0v) is 14.2. The minimum atomic E-state index is 0.359. The Bertz CT molecular complexity index is 658. The van der Waals surface area contributed by atoms with E-state index < -0.39 is 0 Å². The van der Waals surface area contributed by atoms with E-state index in [1.165, 1.54) is 11.3 Å². The summed E-state index contributed by atoms with van der Waals surface area (Å²) in [5.74, 6) is 0. The van der Waals surface area contributed by atoms with Crippen LogP contribution in [0.2, 0.25) is 0 Å². The predicted octanol–water partition coefficient (Wildman–Crippen LogP) is 1.29. The summed E-state index contributed by atoms with van der Waals surface area (Å²) >= 11 is 0. The van der Waals surface area contributed by atoms with Crippen LogP contribution < -0.4 is 0 Å². The molecule has 0 aliphatic carbocycles. The largest absolute Gasteiger partial charge is 0.375 e. The van der Waals surface area contributed by atoms with Crippen molar-refractivity contribution in [1.29, 1.82) is 0 Å². The number of ether oxygens (including phenoxy) is 1. The molecule has 6 heteroatoms. The van der Waals surface area contributed by atoms with Crippen molar-refractivity contribution in [3.05, 3.63) is 48.0 Å². The Morgan fingerprint density at radius 1 is 1.21 bits per heavy atom. The third kappa shape index (κ3) is 3.36. The van der Waals surface area contributed by atoms with Gasteiger partial charge in [0.1, 0.15) is 0 Å². The topological polar surface area (TPSA) is 46.4 Å². The van der Waals surface area contributed by atoms with Crippen molar-refractivity contribution in [3.8, 4) is 0 Å². The summed E-state index contributed by atoms with van der Waals surface area (Å²) in [6.07, 6.45) is 7.15. The molecule has 2 fully saturated rings. The lowest BCUT2D eigenvalue weighted by Gasteiger charge is -2.47. The van der Waals surface area contributed by atoms with Crippen molar-refractivity contribution >= 4 is 0 Å². The first-order chi connectivity index (χ1) is 11.8. The van der Waals surface area contributed by atoms with Gasteiger partial charge in [-0.3, -0.25) is 19.5 Å². The van der Waals surface area contributed by atoms with E-state index in [0.29, 0.717) is 12.1 Å². The summed E-state index contributed by atoms with van der Waals surface area (Å²) in [5, 5.41) is 4.28. The molecule has 2 atom stereocenters. The van der Waals surface area contributed by atoms with Crippen LogP contribution >= 0.6 is 0 Å². The fraction of sp³-hybridized carbons (Fsp3) is 0.556. The van der Waals surface area contributed by atoms with Crippen molar-refractivity contribution in [2.75, 3.05) is 26.2 Å². The Morgan fingerprint density at radius 2 is 2.17 bits per heavy atom. The summed E-state index contributed by atoms with van der Waals surface area (Å²) in [7, 11) is 2.01. The summed E-state index contributed by atoms with van der Waals surface area (Å²) in [5.41, 5.74) is 2.55. The highest BCUT2D eigenvalue weighted by Gasteiger charge is 2.37. The molecule has 0 amide bonds. The van der Waals surface area contributed by atoms with E-state index in [2.05, 4.69) is 32.0 Å². The molecule has 24 heavy (non-hydrogen) atoms. The van der Waals surface area contributed by atoms with Crippen LogP contribution in [-0.2, 0) is 24.9 Å². The number of rotatable bonds is 4. The van der Waals surface area contributed by atoms with Crippen LogP contribution in [-0.4, -0.2) is 63.0 Å². The van der Waals surface area contributed by atoms with Gasteiger partial charge in [0.15, 0.2) is 0 Å². The van der Waals surface area contributed by atoms with E-state index in [-0.39, 0.29) is 0 Å². The number of aryl methyl sites for hydroxylation is 1. The first-order valence-corrected chi connectivity index (χ1v) is 8.73. The van der Waals surface area contributed by atoms with Gasteiger partial charge in [0.05, 0.1) is 18.4 Å². The van der Waals surface area contributed by atoms with Crippen LogP contribution in [0.25, 0.3) is 0 Å². The lowest BCUT2D eigenvalue weighted by molar-refractivity contribution is -0.107. The molecule has 0 radical (unpaired) electrons. The van der Waals surface area contributed by atoms with Gasteiger partial charge in [-0.1, -0.05) is 6.07 Å². The molecule has 4 rings (SSSR count). The second-order valence-corrected chi connectivity index (χ2v) is 6.78. The van der Waals surface area contributed by atoms with Crippen LogP contribution in [0.5, 0.6) is 0 Å². The maximum atomic E-state index is 6.06.